The number of benzene rings is 2. The van der Waals surface area contributed by atoms with E-state index in [0.717, 1.165) is 18.6 Å². The van der Waals surface area contributed by atoms with Crippen molar-refractivity contribution >= 4 is 35.0 Å². The minimum Gasteiger partial charge on any atom is -0.493 e. The van der Waals surface area contributed by atoms with Crippen molar-refractivity contribution in [3.8, 4) is 5.75 Å². The summed E-state index contributed by atoms with van der Waals surface area (Å²) in [6, 6.07) is 14.9. The lowest BCUT2D eigenvalue weighted by Crippen LogP contribution is -2.32. The molecule has 1 nitrogen and oxygen atoms in total. The quantitative estimate of drug-likeness (QED) is 0.571. The van der Waals surface area contributed by atoms with Crippen molar-refractivity contribution in [2.75, 3.05) is 18.4 Å². The third kappa shape index (κ3) is 2.97. The lowest BCUT2D eigenvalue weighted by Gasteiger charge is -2.40. The molecule has 3 rings (SSSR count). The molecule has 0 amide bonds. The molecule has 0 atom stereocenters. The van der Waals surface area contributed by atoms with Gasteiger partial charge in [0.05, 0.1) is 11.5 Å². The molecule has 1 heterocycles. The summed E-state index contributed by atoms with van der Waals surface area (Å²) in [5, 5.41) is 0. The molecule has 23 heavy (non-hydrogen) atoms. The molecule has 1 aliphatic heterocycles. The summed E-state index contributed by atoms with van der Waals surface area (Å²) < 4.78 is 5.88. The minimum absolute atomic E-state index is 0.131. The molecule has 0 aliphatic carbocycles. The third-order valence-corrected chi connectivity index (χ3v) is 6.03. The van der Waals surface area contributed by atoms with Gasteiger partial charge in [-0.25, -0.2) is 0 Å². The Bertz CT molecular complexity index is 681. The van der Waals surface area contributed by atoms with E-state index in [-0.39, 0.29) is 5.41 Å². The average Bonchev–Trinajstić information content (AvgIpc) is 2.57. The first kappa shape index (κ1) is 17.0. The molecule has 0 unspecified atom stereocenters. The Morgan fingerprint density at radius 1 is 0.957 bits per heavy atom. The smallest absolute Gasteiger partial charge is 0.133 e. The van der Waals surface area contributed by atoms with Gasteiger partial charge in [-0.1, -0.05) is 42.1 Å². The SMILES string of the molecule is CCOc1cccc2c1Sc1ccccc1C2(CCCl)CCCl. The van der Waals surface area contributed by atoms with Gasteiger partial charge in [-0.2, -0.15) is 0 Å². The molecular formula is C19H20Cl2OS. The Labute approximate surface area is 152 Å². The first-order valence-corrected chi connectivity index (χ1v) is 9.81. The molecule has 0 bridgehead atoms. The number of alkyl halides is 2. The molecule has 2 aromatic rings. The van der Waals surface area contributed by atoms with Crippen molar-refractivity contribution in [3.05, 3.63) is 53.6 Å². The summed E-state index contributed by atoms with van der Waals surface area (Å²) in [7, 11) is 0. The van der Waals surface area contributed by atoms with E-state index in [4.69, 9.17) is 27.9 Å². The Kier molecular flexibility index (Phi) is 5.45. The van der Waals surface area contributed by atoms with Gasteiger partial charge in [0, 0.05) is 22.1 Å². The summed E-state index contributed by atoms with van der Waals surface area (Å²) in [6.07, 6.45) is 1.75. The second kappa shape index (κ2) is 7.38. The predicted molar refractivity (Wildman–Crippen MR) is 99.6 cm³/mol. The van der Waals surface area contributed by atoms with Crippen LogP contribution in [0.3, 0.4) is 0 Å². The number of halogens is 2. The maximum Gasteiger partial charge on any atom is 0.133 e. The van der Waals surface area contributed by atoms with Crippen molar-refractivity contribution < 1.29 is 4.74 Å². The highest BCUT2D eigenvalue weighted by atomic mass is 35.5. The standard InChI is InChI=1S/C19H20Cl2OS/c1-2-22-16-8-5-7-15-18(16)23-17-9-4-3-6-14(17)19(15,10-12-20)11-13-21/h3-9H,2,10-13H2,1H3. The Hall–Kier alpha value is -0.830. The van der Waals surface area contributed by atoms with Crippen LogP contribution in [0.25, 0.3) is 0 Å². The fourth-order valence-electron chi connectivity index (χ4n) is 3.46. The first-order valence-electron chi connectivity index (χ1n) is 7.92. The van der Waals surface area contributed by atoms with Crippen LogP contribution in [0.15, 0.2) is 52.3 Å². The molecule has 0 spiro atoms. The van der Waals surface area contributed by atoms with Crippen LogP contribution < -0.4 is 4.74 Å². The van der Waals surface area contributed by atoms with Gasteiger partial charge in [0.2, 0.25) is 0 Å². The Balaban J connectivity index is 2.25. The predicted octanol–water partition coefficient (Wildman–Crippen LogP) is 6.09. The molecule has 0 saturated heterocycles. The van der Waals surface area contributed by atoms with Gasteiger partial charge in [0.15, 0.2) is 0 Å². The van der Waals surface area contributed by atoms with Crippen molar-refractivity contribution in [1.82, 2.24) is 0 Å². The lowest BCUT2D eigenvalue weighted by molar-refractivity contribution is 0.328. The molecule has 0 saturated carbocycles. The topological polar surface area (TPSA) is 9.23 Å². The highest BCUT2D eigenvalue weighted by molar-refractivity contribution is 7.99. The molecule has 2 aromatic carbocycles. The van der Waals surface area contributed by atoms with Crippen molar-refractivity contribution in [1.29, 1.82) is 0 Å². The van der Waals surface area contributed by atoms with Crippen molar-refractivity contribution in [3.63, 3.8) is 0 Å². The molecule has 122 valence electrons. The monoisotopic (exact) mass is 366 g/mol. The summed E-state index contributed by atoms with van der Waals surface area (Å²) in [4.78, 5) is 2.49. The van der Waals surface area contributed by atoms with E-state index < -0.39 is 0 Å². The summed E-state index contributed by atoms with van der Waals surface area (Å²) in [5.41, 5.74) is 2.51. The highest BCUT2D eigenvalue weighted by Gasteiger charge is 2.41. The normalized spacial score (nSPS) is 14.9. The maximum absolute atomic E-state index is 6.21. The first-order chi connectivity index (χ1) is 11.3. The molecule has 0 radical (unpaired) electrons. The number of hydrogen-bond donors (Lipinski definition) is 0. The zero-order chi connectivity index (χ0) is 16.3. The number of fused-ring (bicyclic) bond motifs is 2. The van der Waals surface area contributed by atoms with Crippen LogP contribution in [0.4, 0.5) is 0 Å². The molecule has 0 N–H and O–H groups in total. The largest absolute Gasteiger partial charge is 0.493 e. The van der Waals surface area contributed by atoms with Crippen molar-refractivity contribution in [2.24, 2.45) is 0 Å². The fraction of sp³-hybridized carbons (Fsp3) is 0.368. The van der Waals surface area contributed by atoms with Crippen LogP contribution in [0.1, 0.15) is 30.9 Å². The summed E-state index contributed by atoms with van der Waals surface area (Å²) >= 11 is 14.2. The van der Waals surface area contributed by atoms with E-state index >= 15 is 0 Å². The third-order valence-electron chi connectivity index (χ3n) is 4.45. The van der Waals surface area contributed by atoms with E-state index in [1.54, 1.807) is 11.8 Å². The second-order valence-electron chi connectivity index (χ2n) is 5.62. The summed E-state index contributed by atoms with van der Waals surface area (Å²) in [5.74, 6) is 2.17. The molecular weight excluding hydrogens is 347 g/mol. The van der Waals surface area contributed by atoms with Gasteiger partial charge in [0.25, 0.3) is 0 Å². The van der Waals surface area contributed by atoms with Crippen LogP contribution in [-0.2, 0) is 5.41 Å². The van der Waals surface area contributed by atoms with Crippen LogP contribution in [0, 0.1) is 0 Å². The van der Waals surface area contributed by atoms with Crippen molar-refractivity contribution in [2.45, 2.75) is 35.0 Å². The Morgan fingerprint density at radius 2 is 1.65 bits per heavy atom. The maximum atomic E-state index is 6.21. The van der Waals surface area contributed by atoms with Gasteiger partial charge in [0.1, 0.15) is 5.75 Å². The van der Waals surface area contributed by atoms with Crippen LogP contribution in [0.2, 0.25) is 0 Å². The van der Waals surface area contributed by atoms with E-state index in [1.807, 2.05) is 6.92 Å². The zero-order valence-corrected chi connectivity index (χ0v) is 15.5. The van der Waals surface area contributed by atoms with E-state index in [9.17, 15) is 0 Å². The average molecular weight is 367 g/mol. The van der Waals surface area contributed by atoms with Gasteiger partial charge in [-0.05, 0) is 43.0 Å². The van der Waals surface area contributed by atoms with Gasteiger partial charge < -0.3 is 4.74 Å². The molecule has 4 heteroatoms. The lowest BCUT2D eigenvalue weighted by atomic mass is 9.70. The molecule has 1 aliphatic rings. The fourth-order valence-corrected chi connectivity index (χ4v) is 5.45. The number of hydrogen-bond acceptors (Lipinski definition) is 2. The van der Waals surface area contributed by atoms with E-state index in [1.165, 1.54) is 20.9 Å². The number of ether oxygens (including phenoxy) is 1. The second-order valence-corrected chi connectivity index (χ2v) is 7.43. The summed E-state index contributed by atoms with van der Waals surface area (Å²) in [6.45, 7) is 2.68. The van der Waals surface area contributed by atoms with Crippen LogP contribution >= 0.6 is 35.0 Å². The van der Waals surface area contributed by atoms with Crippen LogP contribution in [0.5, 0.6) is 5.75 Å². The van der Waals surface area contributed by atoms with E-state index in [2.05, 4.69) is 42.5 Å². The van der Waals surface area contributed by atoms with Gasteiger partial charge >= 0.3 is 0 Å². The van der Waals surface area contributed by atoms with Crippen LogP contribution in [-0.4, -0.2) is 18.4 Å². The number of rotatable bonds is 6. The highest BCUT2D eigenvalue weighted by Crippen LogP contribution is 2.55. The minimum atomic E-state index is -0.131. The van der Waals surface area contributed by atoms with Gasteiger partial charge in [-0.15, -0.1) is 23.2 Å². The molecule has 0 aromatic heterocycles. The Morgan fingerprint density at radius 3 is 2.35 bits per heavy atom. The zero-order valence-electron chi connectivity index (χ0n) is 13.1. The molecule has 0 fully saturated rings. The van der Waals surface area contributed by atoms with E-state index in [0.29, 0.717) is 18.4 Å². The van der Waals surface area contributed by atoms with Gasteiger partial charge in [-0.3, -0.25) is 0 Å².